The van der Waals surface area contributed by atoms with Crippen LogP contribution in [0.1, 0.15) is 30.2 Å². The van der Waals surface area contributed by atoms with E-state index >= 15 is 0 Å². The largest absolute Gasteiger partial charge is 0.492 e. The van der Waals surface area contributed by atoms with Gasteiger partial charge in [0, 0.05) is 6.07 Å². The zero-order chi connectivity index (χ0) is 26.4. The first-order valence-electron chi connectivity index (χ1n) is 11.6. The first-order chi connectivity index (χ1) is 17.2. The number of likely N-dealkylation sites (N-methyl/N-ethyl adjacent to an activating group) is 1. The van der Waals surface area contributed by atoms with E-state index in [1.165, 1.54) is 0 Å². The average molecular weight is 519 g/mol. The predicted molar refractivity (Wildman–Crippen MR) is 138 cm³/mol. The Morgan fingerprint density at radius 1 is 1.17 bits per heavy atom. The number of hydrogen-bond acceptors (Lipinski definition) is 8. The maximum absolute atomic E-state index is 12.8. The highest BCUT2D eigenvalue weighted by molar-refractivity contribution is 6.31. The van der Waals surface area contributed by atoms with Crippen LogP contribution >= 0.6 is 11.6 Å². The first-order valence-corrected chi connectivity index (χ1v) is 12.0. The van der Waals surface area contributed by atoms with Crippen molar-refractivity contribution in [3.8, 4) is 5.75 Å². The molecule has 1 aromatic carbocycles. The Labute approximate surface area is 214 Å². The van der Waals surface area contributed by atoms with E-state index in [9.17, 15) is 9.59 Å². The lowest BCUT2D eigenvalue weighted by Crippen LogP contribution is -2.40. The molecule has 2 heterocycles. The Kier molecular flexibility index (Phi) is 8.88. The van der Waals surface area contributed by atoms with Gasteiger partial charge in [0.15, 0.2) is 33.5 Å². The minimum atomic E-state index is -0.502. The van der Waals surface area contributed by atoms with Gasteiger partial charge in [0.25, 0.3) is 11.7 Å². The fourth-order valence-electron chi connectivity index (χ4n) is 3.91. The van der Waals surface area contributed by atoms with Gasteiger partial charge in [-0.15, -0.1) is 0 Å². The molecule has 6 N–H and O–H groups in total. The molecule has 0 fully saturated rings. The van der Waals surface area contributed by atoms with Crippen LogP contribution in [0.4, 0.5) is 11.6 Å². The van der Waals surface area contributed by atoms with E-state index in [1.807, 2.05) is 46.1 Å². The van der Waals surface area contributed by atoms with Crippen molar-refractivity contribution in [2.24, 2.45) is 0 Å². The van der Waals surface area contributed by atoms with Crippen molar-refractivity contribution in [1.29, 1.82) is 0 Å². The summed E-state index contributed by atoms with van der Waals surface area (Å²) in [6.45, 7) is 6.75. The van der Waals surface area contributed by atoms with E-state index < -0.39 is 5.91 Å². The monoisotopic (exact) mass is 518 g/mol. The summed E-state index contributed by atoms with van der Waals surface area (Å²) in [5.41, 5.74) is 13.3. The summed E-state index contributed by atoms with van der Waals surface area (Å²) in [6.07, 6.45) is 0. The topological polar surface area (TPSA) is 157 Å². The number of imidazole rings is 1. The van der Waals surface area contributed by atoms with Crippen molar-refractivity contribution >= 4 is 46.1 Å². The summed E-state index contributed by atoms with van der Waals surface area (Å²) in [5.74, 6) is 0.906. The number of rotatable bonds is 11. The van der Waals surface area contributed by atoms with Gasteiger partial charge < -0.3 is 31.7 Å². The van der Waals surface area contributed by atoms with Gasteiger partial charge in [-0.3, -0.25) is 9.59 Å². The molecule has 0 radical (unpaired) electrons. The van der Waals surface area contributed by atoms with Gasteiger partial charge in [-0.2, -0.15) is 0 Å². The minimum Gasteiger partial charge on any atom is -0.492 e. The number of carbonyl (C=O) groups excluding carboxylic acids is 2. The number of aryl methyl sites for hydroxylation is 2. The highest BCUT2D eigenvalue weighted by atomic mass is 35.5. The molecular formula is C23H33ClN9O3+. The highest BCUT2D eigenvalue weighted by Gasteiger charge is 2.25. The molecule has 2 aromatic heterocycles. The number of aromatic nitrogens is 4. The molecular weight excluding hydrogens is 486 g/mol. The third-order valence-electron chi connectivity index (χ3n) is 5.46. The third-order valence-corrected chi connectivity index (χ3v) is 5.74. The Balaban J connectivity index is 1.76. The number of nitrogens with two attached hydrogens (primary N) is 2. The fourth-order valence-corrected chi connectivity index (χ4v) is 4.04. The molecule has 0 unspecified atom stereocenters. The van der Waals surface area contributed by atoms with E-state index in [1.54, 1.807) is 4.90 Å². The van der Waals surface area contributed by atoms with Crippen molar-refractivity contribution in [2.45, 2.75) is 33.5 Å². The number of anilines is 2. The molecule has 0 aliphatic heterocycles. The quantitative estimate of drug-likeness (QED) is 0.212. The zero-order valence-corrected chi connectivity index (χ0v) is 21.7. The maximum Gasteiger partial charge on any atom is 0.277 e. The number of halogens is 1. The van der Waals surface area contributed by atoms with Crippen molar-refractivity contribution in [1.82, 2.24) is 30.1 Å². The fraction of sp³-hybridized carbons (Fsp3) is 0.435. The second kappa shape index (κ2) is 11.9. The normalized spacial score (nSPS) is 11.2. The van der Waals surface area contributed by atoms with Crippen LogP contribution in [0.3, 0.4) is 0 Å². The Morgan fingerprint density at radius 3 is 2.58 bits per heavy atom. The molecule has 12 nitrogen and oxygen atoms in total. The molecule has 0 saturated carbocycles. The van der Waals surface area contributed by atoms with Crippen molar-refractivity contribution in [3.63, 3.8) is 0 Å². The second-order valence-corrected chi connectivity index (χ2v) is 8.67. The third kappa shape index (κ3) is 6.13. The van der Waals surface area contributed by atoms with Crippen LogP contribution in [0.2, 0.25) is 5.15 Å². The number of fused-ring (bicyclic) bond motifs is 1. The lowest BCUT2D eigenvalue weighted by Gasteiger charge is -2.10. The average Bonchev–Trinajstić information content (AvgIpc) is 3.13. The van der Waals surface area contributed by atoms with Crippen LogP contribution in [0.25, 0.3) is 11.0 Å². The lowest BCUT2D eigenvalue weighted by molar-refractivity contribution is -0.676. The molecule has 13 heteroatoms. The molecule has 194 valence electrons. The van der Waals surface area contributed by atoms with Crippen molar-refractivity contribution in [3.05, 3.63) is 34.9 Å². The van der Waals surface area contributed by atoms with Crippen LogP contribution < -0.4 is 31.4 Å². The zero-order valence-electron chi connectivity index (χ0n) is 21.0. The van der Waals surface area contributed by atoms with Crippen LogP contribution in [0.5, 0.6) is 5.75 Å². The summed E-state index contributed by atoms with van der Waals surface area (Å²) in [5, 5.41) is 5.61. The SMILES string of the molecule is CCn1c(CNC(=O)c2nc(Cl)c(N)nc2N)[n+](CC)c2ccc(OCCNC(=O)CN(C)C)cc21. The van der Waals surface area contributed by atoms with E-state index in [-0.39, 0.29) is 34.9 Å². The number of carbonyl (C=O) groups is 2. The van der Waals surface area contributed by atoms with Gasteiger partial charge in [-0.25, -0.2) is 19.1 Å². The predicted octanol–water partition coefficient (Wildman–Crippen LogP) is 0.563. The van der Waals surface area contributed by atoms with Gasteiger partial charge in [-0.1, -0.05) is 11.6 Å². The molecule has 0 aliphatic carbocycles. The molecule has 36 heavy (non-hydrogen) atoms. The van der Waals surface area contributed by atoms with Crippen molar-refractivity contribution < 1.29 is 18.9 Å². The van der Waals surface area contributed by atoms with E-state index in [4.69, 9.17) is 27.8 Å². The summed E-state index contributed by atoms with van der Waals surface area (Å²) in [7, 11) is 3.68. The number of hydrogen-bond donors (Lipinski definition) is 4. The van der Waals surface area contributed by atoms with E-state index in [0.29, 0.717) is 38.5 Å². The number of benzene rings is 1. The van der Waals surface area contributed by atoms with E-state index in [0.717, 1.165) is 16.9 Å². The van der Waals surface area contributed by atoms with Gasteiger partial charge in [0.1, 0.15) is 18.9 Å². The number of ether oxygens (including phenoxy) is 1. The summed E-state index contributed by atoms with van der Waals surface area (Å²) in [6, 6.07) is 5.84. The van der Waals surface area contributed by atoms with Gasteiger partial charge in [-0.05, 0) is 40.1 Å². The van der Waals surface area contributed by atoms with Gasteiger partial charge >= 0.3 is 0 Å². The number of nitrogens with one attached hydrogen (secondary N) is 2. The Morgan fingerprint density at radius 2 is 1.92 bits per heavy atom. The Hall–Kier alpha value is -3.64. The van der Waals surface area contributed by atoms with E-state index in [2.05, 4.69) is 29.7 Å². The Bertz CT molecular complexity index is 1260. The molecule has 0 aliphatic rings. The van der Waals surface area contributed by atoms with Crippen LogP contribution in [0.15, 0.2) is 18.2 Å². The van der Waals surface area contributed by atoms with Crippen molar-refractivity contribution in [2.75, 3.05) is 45.3 Å². The number of nitrogens with zero attached hydrogens (tertiary/aromatic N) is 5. The molecule has 0 atom stereocenters. The summed E-state index contributed by atoms with van der Waals surface area (Å²) >= 11 is 5.91. The molecule has 0 bridgehead atoms. The van der Waals surface area contributed by atoms with Crippen LogP contribution in [-0.2, 0) is 24.4 Å². The highest BCUT2D eigenvalue weighted by Crippen LogP contribution is 2.22. The summed E-state index contributed by atoms with van der Waals surface area (Å²) in [4.78, 5) is 34.2. The van der Waals surface area contributed by atoms with Crippen LogP contribution in [0, 0.1) is 0 Å². The summed E-state index contributed by atoms with van der Waals surface area (Å²) < 4.78 is 10.1. The second-order valence-electron chi connectivity index (χ2n) is 8.31. The minimum absolute atomic E-state index is 0.0328. The number of nitrogen functional groups attached to an aromatic ring is 2. The molecule has 0 saturated heterocycles. The molecule has 3 aromatic rings. The first kappa shape index (κ1) is 27.0. The molecule has 3 rings (SSSR count). The van der Waals surface area contributed by atoms with Crippen LogP contribution in [-0.4, -0.2) is 65.0 Å². The maximum atomic E-state index is 12.8. The smallest absolute Gasteiger partial charge is 0.277 e. The standard InChI is InChI=1S/C23H32ClN9O3/c1-5-32-15-8-7-14(36-10-9-27-17(34)13-31(3)4)11-16(15)33(6-2)18(32)12-28-23(35)19-21(25)30-22(26)20(24)29-19/h7-8,11H,5-6,9-10,12-13H2,1-4H3,(H5-,25,26,27,28,30,34,35)/p+1. The molecule has 0 spiro atoms. The lowest BCUT2D eigenvalue weighted by atomic mass is 10.3. The van der Waals surface area contributed by atoms with Gasteiger partial charge in [0.05, 0.1) is 26.2 Å². The van der Waals surface area contributed by atoms with Gasteiger partial charge in [0.2, 0.25) is 5.91 Å². The number of amides is 2. The molecule has 2 amide bonds.